The van der Waals surface area contributed by atoms with Crippen LogP contribution in [0.25, 0.3) is 10.9 Å². The zero-order valence-corrected chi connectivity index (χ0v) is 23.8. The van der Waals surface area contributed by atoms with Gasteiger partial charge in [0.1, 0.15) is 5.76 Å². The number of nitrogens with zero attached hydrogens (tertiary/aromatic N) is 1. The second kappa shape index (κ2) is 11.4. The molecule has 3 unspecified atom stereocenters. The molecule has 2 aliphatic rings. The van der Waals surface area contributed by atoms with Crippen molar-refractivity contribution in [2.24, 2.45) is 5.92 Å². The van der Waals surface area contributed by atoms with Crippen molar-refractivity contribution in [3.05, 3.63) is 93.9 Å². The molecule has 1 aromatic heterocycles. The quantitative estimate of drug-likeness (QED) is 0.313. The molecule has 3 atom stereocenters. The molecule has 0 radical (unpaired) electrons. The maximum atomic E-state index is 13.8. The Labute approximate surface area is 231 Å². The van der Waals surface area contributed by atoms with Crippen molar-refractivity contribution in [2.75, 3.05) is 13.7 Å². The van der Waals surface area contributed by atoms with Gasteiger partial charge in [-0.15, -0.1) is 0 Å². The number of methoxy groups -OCH3 is 1. The fourth-order valence-electron chi connectivity index (χ4n) is 6.67. The van der Waals surface area contributed by atoms with Gasteiger partial charge in [0.2, 0.25) is 0 Å². The van der Waals surface area contributed by atoms with Gasteiger partial charge in [-0.05, 0) is 77.1 Å². The highest BCUT2D eigenvalue weighted by atomic mass is 16.5. The van der Waals surface area contributed by atoms with Crippen molar-refractivity contribution in [2.45, 2.75) is 71.9 Å². The number of allylic oxidation sites excluding steroid dienone is 3. The Kier molecular flexibility index (Phi) is 7.90. The summed E-state index contributed by atoms with van der Waals surface area (Å²) in [6.45, 7) is 9.46. The van der Waals surface area contributed by atoms with E-state index in [4.69, 9.17) is 4.74 Å². The molecule has 1 aliphatic carbocycles. The average Bonchev–Trinajstić information content (AvgIpc) is 3.23. The van der Waals surface area contributed by atoms with Crippen LogP contribution in [0.15, 0.2) is 71.5 Å². The minimum Gasteiger partial charge on any atom is -0.496 e. The summed E-state index contributed by atoms with van der Waals surface area (Å²) in [7, 11) is 1.59. The van der Waals surface area contributed by atoms with Crippen molar-refractivity contribution in [3.63, 3.8) is 0 Å². The zero-order chi connectivity index (χ0) is 27.7. The lowest BCUT2D eigenvalue weighted by molar-refractivity contribution is -0.115. The van der Waals surface area contributed by atoms with Gasteiger partial charge in [-0.1, -0.05) is 53.6 Å². The highest BCUT2D eigenvalue weighted by molar-refractivity contribution is 6.10. The molecule has 0 bridgehead atoms. The number of Topliss-reactive ketones (excluding diaryl/α,β-unsaturated/α-hetero) is 2. The van der Waals surface area contributed by atoms with Gasteiger partial charge in [-0.2, -0.15) is 0 Å². The summed E-state index contributed by atoms with van der Waals surface area (Å²) in [6.07, 6.45) is 5.15. The molecule has 1 saturated heterocycles. The third-order valence-electron chi connectivity index (χ3n) is 8.69. The van der Waals surface area contributed by atoms with E-state index in [9.17, 15) is 9.59 Å². The molecule has 204 valence electrons. The number of fused-ring (bicyclic) bond motifs is 1. The van der Waals surface area contributed by atoms with Crippen molar-refractivity contribution >= 4 is 22.5 Å². The topological polar surface area (TPSA) is 60.3 Å². The molecule has 0 saturated carbocycles. The second-order valence-corrected chi connectivity index (χ2v) is 11.4. The summed E-state index contributed by atoms with van der Waals surface area (Å²) in [5.41, 5.74) is 7.17. The van der Waals surface area contributed by atoms with Gasteiger partial charge in [0, 0.05) is 52.7 Å². The lowest BCUT2D eigenvalue weighted by Gasteiger charge is -2.36. The van der Waals surface area contributed by atoms with Gasteiger partial charge in [0.05, 0.1) is 7.11 Å². The first kappa shape index (κ1) is 27.1. The number of piperidine rings is 1. The number of carbonyl (C=O) groups is 2. The van der Waals surface area contributed by atoms with E-state index in [1.807, 2.05) is 19.1 Å². The van der Waals surface area contributed by atoms with Crippen molar-refractivity contribution in [3.8, 4) is 0 Å². The molecule has 5 rings (SSSR count). The van der Waals surface area contributed by atoms with E-state index >= 15 is 0 Å². The maximum Gasteiger partial charge on any atom is 0.166 e. The molecule has 39 heavy (non-hydrogen) atoms. The zero-order valence-electron chi connectivity index (χ0n) is 23.8. The van der Waals surface area contributed by atoms with Crippen LogP contribution in [-0.2, 0) is 9.53 Å². The fraction of sp³-hybridized carbons (Fsp3) is 0.412. The third kappa shape index (κ3) is 5.38. The third-order valence-corrected chi connectivity index (χ3v) is 8.69. The van der Waals surface area contributed by atoms with Crippen LogP contribution in [0.5, 0.6) is 0 Å². The average molecular weight is 525 g/mol. The van der Waals surface area contributed by atoms with Gasteiger partial charge >= 0.3 is 0 Å². The van der Waals surface area contributed by atoms with Crippen molar-refractivity contribution in [1.82, 2.24) is 9.88 Å². The Morgan fingerprint density at radius 3 is 2.69 bits per heavy atom. The number of ether oxygens (including phenoxy) is 1. The first-order chi connectivity index (χ1) is 18.8. The molecule has 2 heterocycles. The number of nitrogens with one attached hydrogen (secondary N) is 1. The number of rotatable bonds is 8. The van der Waals surface area contributed by atoms with Crippen LogP contribution in [0.4, 0.5) is 0 Å². The minimum atomic E-state index is 0.0569. The molecule has 1 fully saturated rings. The monoisotopic (exact) mass is 524 g/mol. The van der Waals surface area contributed by atoms with Crippen LogP contribution in [0, 0.1) is 19.8 Å². The van der Waals surface area contributed by atoms with E-state index in [2.05, 4.69) is 73.1 Å². The second-order valence-electron chi connectivity index (χ2n) is 11.4. The molecule has 1 aliphatic heterocycles. The van der Waals surface area contributed by atoms with Gasteiger partial charge < -0.3 is 14.6 Å². The molecular weight excluding hydrogens is 484 g/mol. The molecule has 2 aromatic carbocycles. The number of ketones is 2. The largest absolute Gasteiger partial charge is 0.496 e. The number of para-hydroxylation sites is 1. The Morgan fingerprint density at radius 2 is 1.92 bits per heavy atom. The summed E-state index contributed by atoms with van der Waals surface area (Å²) in [4.78, 5) is 26.5. The van der Waals surface area contributed by atoms with E-state index in [0.29, 0.717) is 36.1 Å². The Bertz CT molecular complexity index is 1470. The predicted octanol–water partition coefficient (Wildman–Crippen LogP) is 7.34. The highest BCUT2D eigenvalue weighted by Gasteiger charge is 2.31. The SMILES string of the molecule is COC1=C(CCC(=O)c2c(C)n(C(C)C3CCNC(c4cccc(C)c4)C3)c3ccccc23)C(=O)CC(C)=C1. The van der Waals surface area contributed by atoms with Gasteiger partial charge in [0.15, 0.2) is 11.6 Å². The van der Waals surface area contributed by atoms with Crippen LogP contribution < -0.4 is 5.32 Å². The van der Waals surface area contributed by atoms with Gasteiger partial charge in [-0.25, -0.2) is 0 Å². The number of benzene rings is 2. The van der Waals surface area contributed by atoms with Crippen LogP contribution in [0.1, 0.15) is 85.2 Å². The number of carbonyl (C=O) groups excluding carboxylic acids is 2. The Hall–Kier alpha value is -3.44. The van der Waals surface area contributed by atoms with Crippen LogP contribution in [-0.4, -0.2) is 29.8 Å². The molecule has 5 nitrogen and oxygen atoms in total. The minimum absolute atomic E-state index is 0.0569. The summed E-state index contributed by atoms with van der Waals surface area (Å²) in [5, 5.41) is 4.73. The van der Waals surface area contributed by atoms with Crippen LogP contribution in [0.2, 0.25) is 0 Å². The lowest BCUT2D eigenvalue weighted by atomic mass is 9.84. The summed E-state index contributed by atoms with van der Waals surface area (Å²) in [5.74, 6) is 1.22. The van der Waals surface area contributed by atoms with Crippen LogP contribution in [0.3, 0.4) is 0 Å². The first-order valence-electron chi connectivity index (χ1n) is 14.2. The van der Waals surface area contributed by atoms with E-state index in [1.54, 1.807) is 7.11 Å². The van der Waals surface area contributed by atoms with Crippen molar-refractivity contribution in [1.29, 1.82) is 0 Å². The number of aryl methyl sites for hydroxylation is 1. The standard InChI is InChI=1S/C34H40N2O3/c1-21-9-8-10-26(17-21)29-20-25(15-16-35-29)23(3)36-24(4)34(27-11-6-7-12-30(27)36)31(37)14-13-28-32(38)18-22(2)19-33(28)39-5/h6-12,17,19,23,25,29,35H,13-16,18,20H2,1-5H3. The first-order valence-corrected chi connectivity index (χ1v) is 14.2. The molecular formula is C34H40N2O3. The smallest absolute Gasteiger partial charge is 0.166 e. The van der Waals surface area contributed by atoms with E-state index in [-0.39, 0.29) is 24.0 Å². The molecule has 5 heteroatoms. The van der Waals surface area contributed by atoms with Crippen molar-refractivity contribution < 1.29 is 14.3 Å². The molecule has 0 spiro atoms. The van der Waals surface area contributed by atoms with E-state index in [0.717, 1.165) is 47.1 Å². The maximum absolute atomic E-state index is 13.8. The Balaban J connectivity index is 1.42. The number of hydrogen-bond donors (Lipinski definition) is 1. The van der Waals surface area contributed by atoms with Crippen LogP contribution >= 0.6 is 0 Å². The molecule has 0 amide bonds. The van der Waals surface area contributed by atoms with E-state index in [1.165, 1.54) is 11.1 Å². The normalized spacial score (nSPS) is 20.7. The summed E-state index contributed by atoms with van der Waals surface area (Å²) in [6, 6.07) is 17.7. The lowest BCUT2D eigenvalue weighted by Crippen LogP contribution is -2.35. The predicted molar refractivity (Wildman–Crippen MR) is 157 cm³/mol. The fourth-order valence-corrected chi connectivity index (χ4v) is 6.67. The van der Waals surface area contributed by atoms with Gasteiger partial charge in [0.25, 0.3) is 0 Å². The summed E-state index contributed by atoms with van der Waals surface area (Å²) >= 11 is 0. The number of hydrogen-bond acceptors (Lipinski definition) is 4. The Morgan fingerprint density at radius 1 is 1.13 bits per heavy atom. The molecule has 1 N–H and O–H groups in total. The highest BCUT2D eigenvalue weighted by Crippen LogP contribution is 2.39. The number of aromatic nitrogens is 1. The van der Waals surface area contributed by atoms with E-state index < -0.39 is 0 Å². The summed E-state index contributed by atoms with van der Waals surface area (Å²) < 4.78 is 7.88. The van der Waals surface area contributed by atoms with Gasteiger partial charge in [-0.3, -0.25) is 9.59 Å². The molecule has 3 aromatic rings.